The van der Waals surface area contributed by atoms with Crippen molar-refractivity contribution < 1.29 is 23.2 Å². The number of fused-ring (bicyclic) bond motifs is 3. The number of thiophene rings is 2. The molecule has 222 valence electrons. The molecule has 3 aromatic heterocycles. The van der Waals surface area contributed by atoms with Crippen molar-refractivity contribution in [3.8, 4) is 9.75 Å². The lowest BCUT2D eigenvalue weighted by molar-refractivity contribution is 0.0985. The molecule has 44 heavy (non-hydrogen) atoms. The lowest BCUT2D eigenvalue weighted by Gasteiger charge is -2.21. The predicted molar refractivity (Wildman–Crippen MR) is 170 cm³/mol. The number of anilines is 3. The number of nitrogens with zero attached hydrogens (tertiary/aromatic N) is 2. The number of halogens is 3. The molecule has 12 heteroatoms. The van der Waals surface area contributed by atoms with Crippen LogP contribution in [0.3, 0.4) is 0 Å². The average Bonchev–Trinajstić information content (AvgIpc) is 3.62. The highest BCUT2D eigenvalue weighted by molar-refractivity contribution is 7.23. The molecule has 0 saturated heterocycles. The molecule has 0 atom stereocenters. The van der Waals surface area contributed by atoms with Gasteiger partial charge >= 0.3 is 0 Å². The smallest absolute Gasteiger partial charge is 0.265 e. The van der Waals surface area contributed by atoms with Crippen molar-refractivity contribution in [2.24, 2.45) is 0 Å². The average molecular weight is 649 g/mol. The maximum Gasteiger partial charge on any atom is 0.265 e. The molecule has 0 spiro atoms. The first-order valence-corrected chi connectivity index (χ1v) is 15.5. The highest BCUT2D eigenvalue weighted by Gasteiger charge is 2.29. The van der Waals surface area contributed by atoms with Gasteiger partial charge in [0.1, 0.15) is 22.5 Å². The lowest BCUT2D eigenvalue weighted by atomic mass is 10.1. The van der Waals surface area contributed by atoms with E-state index in [2.05, 4.69) is 15.6 Å². The number of amides is 3. The minimum atomic E-state index is -0.857. The molecule has 6 rings (SSSR count). The second kappa shape index (κ2) is 11.9. The summed E-state index contributed by atoms with van der Waals surface area (Å²) in [6.45, 7) is 4.02. The van der Waals surface area contributed by atoms with E-state index in [4.69, 9.17) is 11.6 Å². The second-order valence-electron chi connectivity index (χ2n) is 10.1. The molecule has 2 N–H and O–H groups in total. The molecule has 0 radical (unpaired) electrons. The Labute approximate surface area is 264 Å². The van der Waals surface area contributed by atoms with E-state index in [9.17, 15) is 23.2 Å². The van der Waals surface area contributed by atoms with Gasteiger partial charge in [-0.3, -0.25) is 14.4 Å². The first-order chi connectivity index (χ1) is 21.1. The monoisotopic (exact) mass is 648 g/mol. The van der Waals surface area contributed by atoms with E-state index < -0.39 is 29.1 Å². The molecule has 0 fully saturated rings. The molecule has 2 aromatic carbocycles. The van der Waals surface area contributed by atoms with E-state index >= 15 is 0 Å². The summed E-state index contributed by atoms with van der Waals surface area (Å²) in [4.78, 5) is 47.3. The van der Waals surface area contributed by atoms with Gasteiger partial charge in [0.15, 0.2) is 0 Å². The van der Waals surface area contributed by atoms with Crippen LogP contribution in [0.25, 0.3) is 9.75 Å². The van der Waals surface area contributed by atoms with Gasteiger partial charge in [0.25, 0.3) is 17.7 Å². The number of hydrogen-bond acceptors (Lipinski definition) is 6. The molecule has 0 unspecified atom stereocenters. The Balaban J connectivity index is 1.19. The number of para-hydroxylation sites is 1. The molecule has 3 amide bonds. The largest absolute Gasteiger partial charge is 0.322 e. The molecule has 0 saturated carbocycles. The van der Waals surface area contributed by atoms with Crippen LogP contribution in [0.15, 0.2) is 66.0 Å². The summed E-state index contributed by atoms with van der Waals surface area (Å²) in [6, 6.07) is 15.2. The number of benzene rings is 2. The highest BCUT2D eigenvalue weighted by Crippen LogP contribution is 2.45. The van der Waals surface area contributed by atoms with Gasteiger partial charge in [0.05, 0.1) is 25.9 Å². The van der Waals surface area contributed by atoms with Crippen molar-refractivity contribution in [2.45, 2.75) is 20.3 Å². The molecule has 7 nitrogen and oxygen atoms in total. The first-order valence-electron chi connectivity index (χ1n) is 13.4. The zero-order valence-electron chi connectivity index (χ0n) is 23.3. The summed E-state index contributed by atoms with van der Waals surface area (Å²) in [5.74, 6) is -2.94. The highest BCUT2D eigenvalue weighted by atomic mass is 35.5. The van der Waals surface area contributed by atoms with Crippen molar-refractivity contribution >= 4 is 69.1 Å². The molecule has 0 aliphatic carbocycles. The van der Waals surface area contributed by atoms with Gasteiger partial charge in [-0.1, -0.05) is 17.7 Å². The van der Waals surface area contributed by atoms with Crippen LogP contribution in [0.5, 0.6) is 0 Å². The molecule has 1 aliphatic heterocycles. The van der Waals surface area contributed by atoms with E-state index in [0.717, 1.165) is 38.7 Å². The summed E-state index contributed by atoms with van der Waals surface area (Å²) in [6.07, 6.45) is 0.471. The molecular weight excluding hydrogens is 626 g/mol. The fraction of sp³-hybridized carbons (Fsp3) is 0.125. The lowest BCUT2D eigenvalue weighted by Crippen LogP contribution is -2.32. The third kappa shape index (κ3) is 5.61. The van der Waals surface area contributed by atoms with Gasteiger partial charge in [-0.25, -0.2) is 13.8 Å². The summed E-state index contributed by atoms with van der Waals surface area (Å²) < 4.78 is 28.2. The molecule has 4 heterocycles. The van der Waals surface area contributed by atoms with E-state index in [1.807, 2.05) is 25.3 Å². The Morgan fingerprint density at radius 2 is 1.66 bits per heavy atom. The fourth-order valence-corrected chi connectivity index (χ4v) is 7.31. The normalized spacial score (nSPS) is 12.2. The predicted octanol–water partition coefficient (Wildman–Crippen LogP) is 8.13. The van der Waals surface area contributed by atoms with Crippen molar-refractivity contribution in [3.63, 3.8) is 0 Å². The van der Waals surface area contributed by atoms with Gasteiger partial charge < -0.3 is 15.5 Å². The van der Waals surface area contributed by atoms with Crippen molar-refractivity contribution in [1.29, 1.82) is 0 Å². The van der Waals surface area contributed by atoms with E-state index in [-0.39, 0.29) is 16.6 Å². The van der Waals surface area contributed by atoms with Crippen LogP contribution in [0.2, 0.25) is 5.15 Å². The van der Waals surface area contributed by atoms with Gasteiger partial charge in [0, 0.05) is 23.5 Å². The minimum Gasteiger partial charge on any atom is -0.322 e. The zero-order valence-corrected chi connectivity index (χ0v) is 25.7. The molecular formula is C32H23ClF2N4O3S2. The van der Waals surface area contributed by atoms with Crippen LogP contribution >= 0.6 is 34.3 Å². The van der Waals surface area contributed by atoms with Crippen molar-refractivity contribution in [3.05, 3.63) is 116 Å². The maximum absolute atomic E-state index is 14.1. The van der Waals surface area contributed by atoms with Crippen LogP contribution in [-0.4, -0.2) is 29.3 Å². The Bertz CT molecular complexity index is 1940. The van der Waals surface area contributed by atoms with E-state index in [0.29, 0.717) is 34.8 Å². The Hall–Kier alpha value is -4.45. The second-order valence-corrected chi connectivity index (χ2v) is 12.4. The van der Waals surface area contributed by atoms with Gasteiger partial charge in [-0.05, 0) is 91.4 Å². The maximum atomic E-state index is 14.1. The number of hydrogen-bond donors (Lipinski definition) is 2. The summed E-state index contributed by atoms with van der Waals surface area (Å²) >= 11 is 8.84. The number of carbonyl (C=O) groups is 3. The minimum absolute atomic E-state index is 0.116. The van der Waals surface area contributed by atoms with Crippen LogP contribution in [-0.2, 0) is 6.42 Å². The van der Waals surface area contributed by atoms with E-state index in [1.165, 1.54) is 28.7 Å². The molecule has 1 aliphatic rings. The zero-order chi connectivity index (χ0) is 31.1. The van der Waals surface area contributed by atoms with Gasteiger partial charge in [0.2, 0.25) is 0 Å². The molecule has 0 bridgehead atoms. The van der Waals surface area contributed by atoms with Crippen LogP contribution in [0, 0.1) is 25.5 Å². The van der Waals surface area contributed by atoms with E-state index in [1.54, 1.807) is 41.3 Å². The number of pyridine rings is 1. The van der Waals surface area contributed by atoms with Crippen LogP contribution < -0.4 is 15.5 Å². The number of aryl methyl sites for hydroxylation is 2. The number of rotatable bonds is 5. The topological polar surface area (TPSA) is 91.4 Å². The summed E-state index contributed by atoms with van der Waals surface area (Å²) in [5.41, 5.74) is 3.86. The third-order valence-electron chi connectivity index (χ3n) is 7.28. The standard InChI is InChI=1S/C32H23ClF2N4O3S2/c1-16-14-21(29(33)36-17(16)2)30(40)37-20-8-6-18(7-9-20)32(42)39-12-10-19-15-25(44-27(19)28-24(39)11-13-43-28)31(41)38-26-22(34)4-3-5-23(26)35/h3-9,11,13-15H,10,12H2,1-2H3,(H,37,40)(H,38,41). The fourth-order valence-electron chi connectivity index (χ4n) is 4.85. The van der Waals surface area contributed by atoms with Crippen LogP contribution in [0.1, 0.15) is 47.2 Å². The Morgan fingerprint density at radius 3 is 2.39 bits per heavy atom. The first kappa shape index (κ1) is 29.6. The number of aromatic nitrogens is 1. The molecule has 5 aromatic rings. The quantitative estimate of drug-likeness (QED) is 0.188. The Kier molecular flexibility index (Phi) is 8.02. The third-order valence-corrected chi connectivity index (χ3v) is 9.81. The van der Waals surface area contributed by atoms with Crippen molar-refractivity contribution in [2.75, 3.05) is 22.1 Å². The van der Waals surface area contributed by atoms with Gasteiger partial charge in [-0.15, -0.1) is 22.7 Å². The number of carbonyl (C=O) groups excluding carboxylic acids is 3. The Morgan fingerprint density at radius 1 is 0.932 bits per heavy atom. The van der Waals surface area contributed by atoms with Crippen LogP contribution in [0.4, 0.5) is 25.8 Å². The number of nitrogens with one attached hydrogen (secondary N) is 2. The summed E-state index contributed by atoms with van der Waals surface area (Å²) in [5, 5.41) is 7.13. The van der Waals surface area contributed by atoms with Crippen molar-refractivity contribution in [1.82, 2.24) is 4.98 Å². The van der Waals surface area contributed by atoms with Gasteiger partial charge in [-0.2, -0.15) is 0 Å². The summed E-state index contributed by atoms with van der Waals surface area (Å²) in [7, 11) is 0. The SMILES string of the molecule is Cc1cc(C(=O)Nc2ccc(C(=O)N3CCc4cc(C(=O)Nc5c(F)cccc5F)sc4-c4sccc43)cc2)c(Cl)nc1C.